The van der Waals surface area contributed by atoms with Crippen LogP contribution in [0.25, 0.3) is 0 Å². The SMILES string of the molecule is CC(C)c1nc(Cl)cc(NCC2CCC(O)CC2)n1. The summed E-state index contributed by atoms with van der Waals surface area (Å²) in [5.41, 5.74) is 0. The Morgan fingerprint density at radius 1 is 1.32 bits per heavy atom. The molecule has 2 rings (SSSR count). The molecular weight excluding hydrogens is 262 g/mol. The largest absolute Gasteiger partial charge is 0.393 e. The van der Waals surface area contributed by atoms with Crippen LogP contribution in [0, 0.1) is 5.92 Å². The van der Waals surface area contributed by atoms with E-state index in [1.54, 1.807) is 6.07 Å². The summed E-state index contributed by atoms with van der Waals surface area (Å²) in [6.45, 7) is 4.99. The van der Waals surface area contributed by atoms with Crippen molar-refractivity contribution in [3.8, 4) is 0 Å². The van der Waals surface area contributed by atoms with E-state index in [4.69, 9.17) is 11.6 Å². The van der Waals surface area contributed by atoms with E-state index >= 15 is 0 Å². The summed E-state index contributed by atoms with van der Waals surface area (Å²) in [4.78, 5) is 8.70. The first-order valence-corrected chi connectivity index (χ1v) is 7.39. The summed E-state index contributed by atoms with van der Waals surface area (Å²) in [5.74, 6) is 2.45. The molecule has 5 heteroatoms. The molecule has 0 aromatic carbocycles. The lowest BCUT2D eigenvalue weighted by Crippen LogP contribution is -2.24. The molecule has 1 saturated carbocycles. The molecule has 1 aliphatic rings. The Morgan fingerprint density at radius 3 is 2.63 bits per heavy atom. The minimum absolute atomic E-state index is 0.0997. The van der Waals surface area contributed by atoms with E-state index in [2.05, 4.69) is 29.1 Å². The van der Waals surface area contributed by atoms with Crippen LogP contribution in [0.3, 0.4) is 0 Å². The second-order valence-corrected chi connectivity index (χ2v) is 6.03. The van der Waals surface area contributed by atoms with Gasteiger partial charge in [0, 0.05) is 18.5 Å². The highest BCUT2D eigenvalue weighted by molar-refractivity contribution is 6.29. The average Bonchev–Trinajstić information content (AvgIpc) is 2.37. The summed E-state index contributed by atoms with van der Waals surface area (Å²) in [7, 11) is 0. The van der Waals surface area contributed by atoms with Crippen molar-refractivity contribution >= 4 is 17.4 Å². The van der Waals surface area contributed by atoms with E-state index < -0.39 is 0 Å². The lowest BCUT2D eigenvalue weighted by atomic mass is 9.87. The number of aromatic nitrogens is 2. The number of nitrogens with zero attached hydrogens (tertiary/aromatic N) is 2. The van der Waals surface area contributed by atoms with Crippen molar-refractivity contribution in [2.45, 2.75) is 51.6 Å². The summed E-state index contributed by atoms with van der Waals surface area (Å²) >= 11 is 6.01. The lowest BCUT2D eigenvalue weighted by molar-refractivity contribution is 0.111. The average molecular weight is 284 g/mol. The maximum Gasteiger partial charge on any atom is 0.135 e. The second-order valence-electron chi connectivity index (χ2n) is 5.64. The first kappa shape index (κ1) is 14.5. The Hall–Kier alpha value is -0.870. The molecule has 1 fully saturated rings. The summed E-state index contributed by atoms with van der Waals surface area (Å²) < 4.78 is 0. The molecule has 0 saturated heterocycles. The number of aliphatic hydroxyl groups is 1. The van der Waals surface area contributed by atoms with Crippen LogP contribution in [0.2, 0.25) is 5.15 Å². The third-order valence-corrected chi connectivity index (χ3v) is 3.81. The Balaban J connectivity index is 1.92. The number of anilines is 1. The Bertz CT molecular complexity index is 417. The number of halogens is 1. The third-order valence-electron chi connectivity index (χ3n) is 3.62. The molecule has 0 atom stereocenters. The third kappa shape index (κ3) is 4.32. The highest BCUT2D eigenvalue weighted by atomic mass is 35.5. The van der Waals surface area contributed by atoms with Gasteiger partial charge in [-0.15, -0.1) is 0 Å². The maximum atomic E-state index is 9.49. The van der Waals surface area contributed by atoms with Gasteiger partial charge in [-0.25, -0.2) is 9.97 Å². The highest BCUT2D eigenvalue weighted by Crippen LogP contribution is 2.25. The molecule has 0 aliphatic heterocycles. The number of hydrogen-bond donors (Lipinski definition) is 2. The molecule has 1 aliphatic carbocycles. The van der Waals surface area contributed by atoms with Crippen molar-refractivity contribution in [2.24, 2.45) is 5.92 Å². The van der Waals surface area contributed by atoms with Gasteiger partial charge in [-0.3, -0.25) is 0 Å². The van der Waals surface area contributed by atoms with E-state index in [1.807, 2.05) is 0 Å². The van der Waals surface area contributed by atoms with Crippen LogP contribution in [0.4, 0.5) is 5.82 Å². The van der Waals surface area contributed by atoms with E-state index in [9.17, 15) is 5.11 Å². The second kappa shape index (κ2) is 6.53. The van der Waals surface area contributed by atoms with Gasteiger partial charge >= 0.3 is 0 Å². The molecule has 106 valence electrons. The summed E-state index contributed by atoms with van der Waals surface area (Å²) in [6.07, 6.45) is 3.87. The molecule has 4 nitrogen and oxygen atoms in total. The van der Waals surface area contributed by atoms with Crippen LogP contribution in [0.1, 0.15) is 51.3 Å². The molecule has 2 N–H and O–H groups in total. The molecule has 1 aromatic rings. The molecule has 19 heavy (non-hydrogen) atoms. The van der Waals surface area contributed by atoms with Gasteiger partial charge in [0.1, 0.15) is 16.8 Å². The minimum atomic E-state index is -0.0997. The van der Waals surface area contributed by atoms with Crippen molar-refractivity contribution < 1.29 is 5.11 Å². The normalized spacial score (nSPS) is 23.6. The van der Waals surface area contributed by atoms with Crippen molar-refractivity contribution in [2.75, 3.05) is 11.9 Å². The Labute approximate surface area is 119 Å². The number of aliphatic hydroxyl groups excluding tert-OH is 1. The van der Waals surface area contributed by atoms with Crippen LogP contribution in [-0.2, 0) is 0 Å². The molecule has 0 radical (unpaired) electrons. The minimum Gasteiger partial charge on any atom is -0.393 e. The van der Waals surface area contributed by atoms with Gasteiger partial charge in [0.25, 0.3) is 0 Å². The van der Waals surface area contributed by atoms with Crippen molar-refractivity contribution in [1.29, 1.82) is 0 Å². The highest BCUT2D eigenvalue weighted by Gasteiger charge is 2.19. The van der Waals surface area contributed by atoms with Gasteiger partial charge in [0.2, 0.25) is 0 Å². The predicted octanol–water partition coefficient (Wildman–Crippen LogP) is 3.22. The van der Waals surface area contributed by atoms with Crippen LogP contribution >= 0.6 is 11.6 Å². The zero-order valence-corrected chi connectivity index (χ0v) is 12.3. The monoisotopic (exact) mass is 283 g/mol. The van der Waals surface area contributed by atoms with Crippen molar-refractivity contribution in [1.82, 2.24) is 9.97 Å². The van der Waals surface area contributed by atoms with E-state index in [0.717, 1.165) is 43.9 Å². The van der Waals surface area contributed by atoms with Gasteiger partial charge in [0.15, 0.2) is 0 Å². The Morgan fingerprint density at radius 2 is 2.00 bits per heavy atom. The summed E-state index contributed by atoms with van der Waals surface area (Å²) in [6, 6.07) is 1.77. The number of rotatable bonds is 4. The fourth-order valence-electron chi connectivity index (χ4n) is 2.38. The van der Waals surface area contributed by atoms with Gasteiger partial charge in [-0.2, -0.15) is 0 Å². The number of hydrogen-bond acceptors (Lipinski definition) is 4. The quantitative estimate of drug-likeness (QED) is 0.833. The molecule has 0 spiro atoms. The zero-order chi connectivity index (χ0) is 13.8. The smallest absolute Gasteiger partial charge is 0.135 e. The number of nitrogens with one attached hydrogen (secondary N) is 1. The topological polar surface area (TPSA) is 58.0 Å². The van der Waals surface area contributed by atoms with E-state index in [1.165, 1.54) is 0 Å². The van der Waals surface area contributed by atoms with Gasteiger partial charge in [0.05, 0.1) is 6.10 Å². The molecular formula is C14H22ClN3O. The molecule has 0 unspecified atom stereocenters. The first-order valence-electron chi connectivity index (χ1n) is 7.01. The zero-order valence-electron chi connectivity index (χ0n) is 11.6. The maximum absolute atomic E-state index is 9.49. The van der Waals surface area contributed by atoms with E-state index in [0.29, 0.717) is 11.1 Å². The van der Waals surface area contributed by atoms with Gasteiger partial charge in [-0.05, 0) is 31.6 Å². The molecule has 1 heterocycles. The van der Waals surface area contributed by atoms with E-state index in [-0.39, 0.29) is 12.0 Å². The molecule has 1 aromatic heterocycles. The molecule has 0 bridgehead atoms. The van der Waals surface area contributed by atoms with Crippen LogP contribution in [0.15, 0.2) is 6.07 Å². The lowest BCUT2D eigenvalue weighted by Gasteiger charge is -2.25. The first-order chi connectivity index (χ1) is 9.04. The fraction of sp³-hybridized carbons (Fsp3) is 0.714. The Kier molecular flexibility index (Phi) is 4.99. The standard InChI is InChI=1S/C14H22ClN3O/c1-9(2)14-17-12(15)7-13(18-14)16-8-10-3-5-11(19)6-4-10/h7,9-11,19H,3-6,8H2,1-2H3,(H,16,17,18). The summed E-state index contributed by atoms with van der Waals surface area (Å²) in [5, 5.41) is 13.3. The van der Waals surface area contributed by atoms with Crippen molar-refractivity contribution in [3.05, 3.63) is 17.0 Å². The fourth-order valence-corrected chi connectivity index (χ4v) is 2.57. The predicted molar refractivity (Wildman–Crippen MR) is 77.6 cm³/mol. The van der Waals surface area contributed by atoms with Gasteiger partial charge in [-0.1, -0.05) is 25.4 Å². The van der Waals surface area contributed by atoms with Crippen LogP contribution < -0.4 is 5.32 Å². The van der Waals surface area contributed by atoms with Crippen LogP contribution in [-0.4, -0.2) is 27.7 Å². The van der Waals surface area contributed by atoms with Crippen molar-refractivity contribution in [3.63, 3.8) is 0 Å². The van der Waals surface area contributed by atoms with Crippen LogP contribution in [0.5, 0.6) is 0 Å². The van der Waals surface area contributed by atoms with Gasteiger partial charge < -0.3 is 10.4 Å². The molecule has 0 amide bonds.